The minimum atomic E-state index is -4.36. The predicted molar refractivity (Wildman–Crippen MR) is 63.2 cm³/mol. The third-order valence-corrected chi connectivity index (χ3v) is 2.96. The van der Waals surface area contributed by atoms with E-state index in [4.69, 9.17) is 0 Å². The van der Waals surface area contributed by atoms with Gasteiger partial charge in [0.05, 0.1) is 15.6 Å². The molecule has 2 aromatic heterocycles. The molecule has 0 bridgehead atoms. The Morgan fingerprint density at radius 3 is 2.72 bits per heavy atom. The standard InChI is InChI=1S/C11H5BrF3N3/c12-7-4-16-10-8-2-1-6(11(13,14)15)3-9(8)17-18(10)5-7/h1-5H. The Hall–Kier alpha value is -1.63. The molecule has 7 heteroatoms. The summed E-state index contributed by atoms with van der Waals surface area (Å²) in [6.45, 7) is 0. The highest BCUT2D eigenvalue weighted by Gasteiger charge is 2.30. The van der Waals surface area contributed by atoms with Crippen molar-refractivity contribution in [3.8, 4) is 0 Å². The second kappa shape index (κ2) is 3.68. The molecule has 1 aromatic carbocycles. The van der Waals surface area contributed by atoms with E-state index >= 15 is 0 Å². The average molecular weight is 316 g/mol. The number of fused-ring (bicyclic) bond motifs is 3. The van der Waals surface area contributed by atoms with E-state index < -0.39 is 11.7 Å². The van der Waals surface area contributed by atoms with E-state index in [1.165, 1.54) is 10.6 Å². The van der Waals surface area contributed by atoms with Crippen LogP contribution in [0.5, 0.6) is 0 Å². The zero-order valence-corrected chi connectivity index (χ0v) is 10.3. The van der Waals surface area contributed by atoms with Gasteiger partial charge in [0.1, 0.15) is 0 Å². The summed E-state index contributed by atoms with van der Waals surface area (Å²) in [7, 11) is 0. The molecule has 0 fully saturated rings. The topological polar surface area (TPSA) is 30.2 Å². The number of nitrogens with zero attached hydrogens (tertiary/aromatic N) is 3. The minimum absolute atomic E-state index is 0.274. The van der Waals surface area contributed by atoms with Crippen molar-refractivity contribution >= 4 is 32.5 Å². The highest BCUT2D eigenvalue weighted by Crippen LogP contribution is 2.31. The maximum absolute atomic E-state index is 12.6. The van der Waals surface area contributed by atoms with Crippen LogP contribution in [0.2, 0.25) is 0 Å². The molecule has 0 aliphatic heterocycles. The van der Waals surface area contributed by atoms with Crippen LogP contribution >= 0.6 is 15.9 Å². The number of aromatic nitrogens is 3. The number of halogens is 4. The molecule has 92 valence electrons. The smallest absolute Gasteiger partial charge is 0.235 e. The van der Waals surface area contributed by atoms with Gasteiger partial charge in [0, 0.05) is 17.8 Å². The molecule has 0 saturated heterocycles. The predicted octanol–water partition coefficient (Wildman–Crippen LogP) is 3.66. The van der Waals surface area contributed by atoms with Gasteiger partial charge in [-0.2, -0.15) is 18.3 Å². The number of benzene rings is 1. The molecule has 0 amide bonds. The molecule has 0 aliphatic rings. The first-order valence-electron chi connectivity index (χ1n) is 4.96. The Balaban J connectivity index is 2.33. The summed E-state index contributed by atoms with van der Waals surface area (Å²) in [5, 5.41) is 4.67. The Morgan fingerprint density at radius 1 is 1.22 bits per heavy atom. The van der Waals surface area contributed by atoms with Crippen LogP contribution in [0.3, 0.4) is 0 Å². The van der Waals surface area contributed by atoms with Crippen molar-refractivity contribution in [3.05, 3.63) is 40.6 Å². The first-order valence-corrected chi connectivity index (χ1v) is 5.75. The lowest BCUT2D eigenvalue weighted by Crippen LogP contribution is -2.04. The Bertz CT molecular complexity index is 748. The van der Waals surface area contributed by atoms with Crippen molar-refractivity contribution < 1.29 is 13.2 Å². The largest absolute Gasteiger partial charge is 0.416 e. The third kappa shape index (κ3) is 1.74. The maximum Gasteiger partial charge on any atom is 0.416 e. The summed E-state index contributed by atoms with van der Waals surface area (Å²) in [5.41, 5.74) is 0.0924. The summed E-state index contributed by atoms with van der Waals surface area (Å²) in [6, 6.07) is 3.45. The van der Waals surface area contributed by atoms with Gasteiger partial charge < -0.3 is 0 Å². The Kier molecular flexibility index (Phi) is 2.34. The molecule has 3 rings (SSSR count). The highest BCUT2D eigenvalue weighted by atomic mass is 79.9. The van der Waals surface area contributed by atoms with Crippen molar-refractivity contribution in [2.45, 2.75) is 6.18 Å². The van der Waals surface area contributed by atoms with Gasteiger partial charge in [-0.1, -0.05) is 0 Å². The fourth-order valence-corrected chi connectivity index (χ4v) is 2.05. The van der Waals surface area contributed by atoms with Gasteiger partial charge >= 0.3 is 6.18 Å². The van der Waals surface area contributed by atoms with E-state index in [0.29, 0.717) is 15.5 Å². The monoisotopic (exact) mass is 315 g/mol. The van der Waals surface area contributed by atoms with Crippen LogP contribution in [0.4, 0.5) is 13.2 Å². The average Bonchev–Trinajstić information content (AvgIpc) is 2.63. The van der Waals surface area contributed by atoms with Crippen LogP contribution in [0.25, 0.3) is 16.6 Å². The van der Waals surface area contributed by atoms with E-state index in [2.05, 4.69) is 26.0 Å². The van der Waals surface area contributed by atoms with Crippen molar-refractivity contribution in [1.82, 2.24) is 14.6 Å². The number of rotatable bonds is 0. The molecule has 0 radical (unpaired) electrons. The molecule has 0 unspecified atom stereocenters. The summed E-state index contributed by atoms with van der Waals surface area (Å²) >= 11 is 3.23. The quantitative estimate of drug-likeness (QED) is 0.633. The molecular weight excluding hydrogens is 311 g/mol. The van der Waals surface area contributed by atoms with Gasteiger partial charge in [-0.25, -0.2) is 9.50 Å². The fraction of sp³-hybridized carbons (Fsp3) is 0.0909. The lowest BCUT2D eigenvalue weighted by Gasteiger charge is -2.04. The molecule has 3 nitrogen and oxygen atoms in total. The van der Waals surface area contributed by atoms with Crippen LogP contribution in [-0.4, -0.2) is 14.6 Å². The second-order valence-corrected chi connectivity index (χ2v) is 4.69. The number of alkyl halides is 3. The summed E-state index contributed by atoms with van der Waals surface area (Å²) in [4.78, 5) is 4.13. The molecule has 0 aliphatic carbocycles. The minimum Gasteiger partial charge on any atom is -0.235 e. The number of hydrogen-bond acceptors (Lipinski definition) is 2. The first kappa shape index (κ1) is 11.5. The van der Waals surface area contributed by atoms with Crippen molar-refractivity contribution in [2.75, 3.05) is 0 Å². The van der Waals surface area contributed by atoms with Crippen LogP contribution in [0, 0.1) is 0 Å². The zero-order chi connectivity index (χ0) is 12.9. The molecule has 0 atom stereocenters. The molecule has 2 heterocycles. The van der Waals surface area contributed by atoms with Crippen molar-refractivity contribution in [3.63, 3.8) is 0 Å². The van der Waals surface area contributed by atoms with Gasteiger partial charge in [-0.3, -0.25) is 0 Å². The fourth-order valence-electron chi connectivity index (χ4n) is 1.76. The van der Waals surface area contributed by atoms with Gasteiger partial charge in [0.25, 0.3) is 0 Å². The van der Waals surface area contributed by atoms with Gasteiger partial charge in [-0.05, 0) is 34.1 Å². The van der Waals surface area contributed by atoms with Gasteiger partial charge in [0.15, 0.2) is 5.65 Å². The van der Waals surface area contributed by atoms with Gasteiger partial charge in [0.2, 0.25) is 0 Å². The second-order valence-electron chi connectivity index (χ2n) is 3.77. The Morgan fingerprint density at radius 2 is 2.00 bits per heavy atom. The molecule has 3 aromatic rings. The molecule has 0 N–H and O–H groups in total. The SMILES string of the molecule is FC(F)(F)c1ccc2c(c1)nn1cc(Br)cnc21. The van der Waals surface area contributed by atoms with Crippen LogP contribution < -0.4 is 0 Å². The van der Waals surface area contributed by atoms with Crippen LogP contribution in [0.15, 0.2) is 35.1 Å². The normalized spacial score (nSPS) is 12.4. The van der Waals surface area contributed by atoms with Crippen molar-refractivity contribution in [1.29, 1.82) is 0 Å². The highest BCUT2D eigenvalue weighted by molar-refractivity contribution is 9.10. The maximum atomic E-state index is 12.6. The number of hydrogen-bond donors (Lipinski definition) is 0. The van der Waals surface area contributed by atoms with Crippen LogP contribution in [0.1, 0.15) is 5.56 Å². The summed E-state index contributed by atoms with van der Waals surface area (Å²) in [5.74, 6) is 0. The van der Waals surface area contributed by atoms with E-state index in [0.717, 1.165) is 12.1 Å². The molecule has 0 saturated carbocycles. The lowest BCUT2D eigenvalue weighted by atomic mass is 10.1. The molecule has 18 heavy (non-hydrogen) atoms. The zero-order valence-electron chi connectivity index (χ0n) is 8.74. The van der Waals surface area contributed by atoms with Crippen molar-refractivity contribution in [2.24, 2.45) is 0 Å². The lowest BCUT2D eigenvalue weighted by molar-refractivity contribution is -0.137. The molecule has 0 spiro atoms. The summed E-state index contributed by atoms with van der Waals surface area (Å²) in [6.07, 6.45) is -1.14. The summed E-state index contributed by atoms with van der Waals surface area (Å²) < 4.78 is 39.9. The first-order chi connectivity index (χ1) is 8.45. The Labute approximate surface area is 107 Å². The van der Waals surface area contributed by atoms with E-state index in [1.807, 2.05) is 0 Å². The third-order valence-electron chi connectivity index (χ3n) is 2.55. The van der Waals surface area contributed by atoms with E-state index in [1.54, 1.807) is 12.4 Å². The van der Waals surface area contributed by atoms with E-state index in [9.17, 15) is 13.2 Å². The van der Waals surface area contributed by atoms with E-state index in [-0.39, 0.29) is 5.52 Å². The molecular formula is C11H5BrF3N3. The van der Waals surface area contributed by atoms with Gasteiger partial charge in [-0.15, -0.1) is 0 Å². The van der Waals surface area contributed by atoms with Crippen LogP contribution in [-0.2, 0) is 6.18 Å².